The molecule has 0 saturated carbocycles. The molecule has 4 heterocycles. The molecule has 4 aromatic heterocycles. The molecule has 1 unspecified atom stereocenters. The minimum absolute atomic E-state index is 0.0684. The largest absolute Gasteiger partial charge is 0.495 e. The number of amides is 1. The summed E-state index contributed by atoms with van der Waals surface area (Å²) in [5, 5.41) is 8.44. The van der Waals surface area contributed by atoms with E-state index in [4.69, 9.17) is 10.5 Å². The Bertz CT molecular complexity index is 1950. The van der Waals surface area contributed by atoms with Gasteiger partial charge in [-0.3, -0.25) is 19.1 Å². The van der Waals surface area contributed by atoms with Gasteiger partial charge < -0.3 is 15.8 Å². The number of fused-ring (bicyclic) bond motifs is 2. The third kappa shape index (κ3) is 4.21. The predicted octanol–water partition coefficient (Wildman–Crippen LogP) is 4.18. The number of carbonyl (C=O) groups is 1. The zero-order valence-corrected chi connectivity index (χ0v) is 21.8. The maximum absolute atomic E-state index is 14.3. The number of nitrogen functional groups attached to an aromatic ring is 1. The third-order valence-corrected chi connectivity index (χ3v) is 6.79. The van der Waals surface area contributed by atoms with Crippen molar-refractivity contribution in [1.29, 1.82) is 0 Å². The molecule has 2 aromatic carbocycles. The molecule has 0 bridgehead atoms. The van der Waals surface area contributed by atoms with Crippen molar-refractivity contribution in [2.75, 3.05) is 12.8 Å². The van der Waals surface area contributed by atoms with E-state index < -0.39 is 11.9 Å². The van der Waals surface area contributed by atoms with E-state index in [1.165, 1.54) is 4.52 Å². The molecule has 0 aliphatic rings. The number of aromatic nitrogens is 5. The Morgan fingerprint density at radius 2 is 1.88 bits per heavy atom. The van der Waals surface area contributed by atoms with Crippen molar-refractivity contribution in [3.05, 3.63) is 113 Å². The van der Waals surface area contributed by atoms with Gasteiger partial charge >= 0.3 is 0 Å². The van der Waals surface area contributed by atoms with Crippen LogP contribution in [-0.2, 0) is 0 Å². The fourth-order valence-corrected chi connectivity index (χ4v) is 4.93. The number of para-hydroxylation sites is 1. The first kappa shape index (κ1) is 24.8. The van der Waals surface area contributed by atoms with Crippen molar-refractivity contribution < 1.29 is 9.53 Å². The van der Waals surface area contributed by atoms with Crippen LogP contribution in [0, 0.1) is 0 Å². The highest BCUT2D eigenvalue weighted by Crippen LogP contribution is 2.30. The molecule has 0 radical (unpaired) electrons. The molecule has 0 aliphatic heterocycles. The van der Waals surface area contributed by atoms with Crippen molar-refractivity contribution in [3.63, 3.8) is 0 Å². The Hall–Kier alpha value is -5.51. The van der Waals surface area contributed by atoms with Crippen LogP contribution in [0.2, 0.25) is 0 Å². The van der Waals surface area contributed by atoms with Gasteiger partial charge in [-0.2, -0.15) is 0 Å². The summed E-state index contributed by atoms with van der Waals surface area (Å²) in [6, 6.07) is 19.9. The maximum atomic E-state index is 14.3. The monoisotopic (exact) mass is 531 g/mol. The fraction of sp³-hybridized carbons (Fsp3) is 0.100. The first-order valence-corrected chi connectivity index (χ1v) is 12.6. The normalized spacial score (nSPS) is 11.9. The van der Waals surface area contributed by atoms with Gasteiger partial charge in [0.1, 0.15) is 11.3 Å². The molecule has 10 nitrogen and oxygen atoms in total. The number of hydrogen-bond donors (Lipinski definition) is 2. The average Bonchev–Trinajstić information content (AvgIpc) is 3.32. The lowest BCUT2D eigenvalue weighted by atomic mass is 9.98. The molecule has 6 rings (SSSR count). The first-order chi connectivity index (χ1) is 19.5. The molecule has 0 saturated heterocycles. The van der Waals surface area contributed by atoms with Gasteiger partial charge in [0.05, 0.1) is 24.7 Å². The number of nitrogens with zero attached hydrogens (tertiary/aromatic N) is 5. The van der Waals surface area contributed by atoms with Crippen LogP contribution in [-0.4, -0.2) is 37.2 Å². The average molecular weight is 532 g/mol. The van der Waals surface area contributed by atoms with Crippen LogP contribution in [0.4, 0.5) is 5.82 Å². The maximum Gasteiger partial charge on any atom is 0.263 e. The highest BCUT2D eigenvalue weighted by Gasteiger charge is 2.24. The van der Waals surface area contributed by atoms with Crippen molar-refractivity contribution in [2.45, 2.75) is 13.0 Å². The van der Waals surface area contributed by atoms with Crippen LogP contribution in [0.5, 0.6) is 5.75 Å². The number of ether oxygens (including phenoxy) is 1. The van der Waals surface area contributed by atoms with Gasteiger partial charge in [0.15, 0.2) is 11.5 Å². The van der Waals surface area contributed by atoms with Crippen LogP contribution < -0.4 is 21.3 Å². The number of anilines is 1. The first-order valence-electron chi connectivity index (χ1n) is 12.6. The molecular formula is C30H25N7O3. The standard InChI is InChI=1S/C30H25N7O3/c1-18(34-29(38)26-27(31)35-36-13-7-12-33-28(26)36)24-15-19-8-6-11-23(20-14-22(40-2)17-32-16-20)25(19)30(39)37(24)21-9-4-3-5-10-21/h3-18H,1-2H3,(H2,31,35)(H,34,38). The fourth-order valence-electron chi connectivity index (χ4n) is 4.93. The topological polar surface area (TPSA) is 129 Å². The van der Waals surface area contributed by atoms with Crippen LogP contribution in [0.1, 0.15) is 29.0 Å². The molecule has 0 spiro atoms. The number of methoxy groups -OCH3 is 1. The van der Waals surface area contributed by atoms with Crippen LogP contribution in [0.15, 0.2) is 96.3 Å². The van der Waals surface area contributed by atoms with Gasteiger partial charge in [0.25, 0.3) is 11.5 Å². The highest BCUT2D eigenvalue weighted by atomic mass is 16.5. The smallest absolute Gasteiger partial charge is 0.263 e. The second-order valence-corrected chi connectivity index (χ2v) is 9.27. The zero-order chi connectivity index (χ0) is 27.8. The van der Waals surface area contributed by atoms with Crippen molar-refractivity contribution in [3.8, 4) is 22.6 Å². The summed E-state index contributed by atoms with van der Waals surface area (Å²) in [5.74, 6) is 0.216. The Kier molecular flexibility index (Phi) is 6.19. The molecule has 0 fully saturated rings. The van der Waals surface area contributed by atoms with Gasteiger partial charge in [-0.1, -0.05) is 36.4 Å². The number of nitrogens with two attached hydrogens (primary N) is 1. The lowest BCUT2D eigenvalue weighted by molar-refractivity contribution is 0.0941. The lowest BCUT2D eigenvalue weighted by Gasteiger charge is -2.21. The summed E-state index contributed by atoms with van der Waals surface area (Å²) >= 11 is 0. The van der Waals surface area contributed by atoms with E-state index in [0.717, 1.165) is 16.5 Å². The Balaban J connectivity index is 1.51. The summed E-state index contributed by atoms with van der Waals surface area (Å²) in [7, 11) is 1.57. The highest BCUT2D eigenvalue weighted by molar-refractivity contribution is 6.04. The molecule has 1 amide bonds. The van der Waals surface area contributed by atoms with Crippen molar-refractivity contribution in [2.24, 2.45) is 0 Å². The molecule has 0 aliphatic carbocycles. The molecular weight excluding hydrogens is 506 g/mol. The van der Waals surface area contributed by atoms with Crippen molar-refractivity contribution in [1.82, 2.24) is 29.5 Å². The van der Waals surface area contributed by atoms with E-state index in [9.17, 15) is 9.59 Å². The van der Waals surface area contributed by atoms with Gasteiger partial charge in [0.2, 0.25) is 0 Å². The number of hydrogen-bond acceptors (Lipinski definition) is 7. The minimum Gasteiger partial charge on any atom is -0.495 e. The van der Waals surface area contributed by atoms with Gasteiger partial charge in [-0.25, -0.2) is 9.50 Å². The van der Waals surface area contributed by atoms with Crippen LogP contribution in [0.25, 0.3) is 33.2 Å². The quantitative estimate of drug-likeness (QED) is 0.330. The predicted molar refractivity (Wildman–Crippen MR) is 153 cm³/mol. The molecule has 40 heavy (non-hydrogen) atoms. The summed E-state index contributed by atoms with van der Waals surface area (Å²) in [4.78, 5) is 36.3. The second kappa shape index (κ2) is 9.99. The summed E-state index contributed by atoms with van der Waals surface area (Å²) < 4.78 is 8.44. The molecule has 3 N–H and O–H groups in total. The summed E-state index contributed by atoms with van der Waals surface area (Å²) in [6.07, 6.45) is 6.56. The van der Waals surface area contributed by atoms with E-state index in [2.05, 4.69) is 20.4 Å². The van der Waals surface area contributed by atoms with E-state index >= 15 is 0 Å². The van der Waals surface area contributed by atoms with Crippen molar-refractivity contribution >= 4 is 28.1 Å². The number of rotatable bonds is 6. The number of benzene rings is 2. The number of pyridine rings is 2. The van der Waals surface area contributed by atoms with Crippen LogP contribution in [0.3, 0.4) is 0 Å². The molecule has 198 valence electrons. The van der Waals surface area contributed by atoms with Crippen LogP contribution >= 0.6 is 0 Å². The Morgan fingerprint density at radius 3 is 2.67 bits per heavy atom. The Morgan fingerprint density at radius 1 is 1.05 bits per heavy atom. The molecule has 10 heteroatoms. The van der Waals surface area contributed by atoms with Gasteiger partial charge in [0, 0.05) is 35.5 Å². The lowest BCUT2D eigenvalue weighted by Crippen LogP contribution is -2.32. The van der Waals surface area contributed by atoms with Gasteiger partial charge in [-0.05, 0) is 48.2 Å². The van der Waals surface area contributed by atoms with E-state index in [0.29, 0.717) is 28.2 Å². The third-order valence-electron chi connectivity index (χ3n) is 6.79. The van der Waals surface area contributed by atoms with E-state index in [-0.39, 0.29) is 16.9 Å². The number of nitrogens with one attached hydrogen (secondary N) is 1. The Labute approximate surface area is 228 Å². The number of carbonyl (C=O) groups excluding carboxylic acids is 1. The van der Waals surface area contributed by atoms with Gasteiger partial charge in [-0.15, -0.1) is 5.10 Å². The SMILES string of the molecule is COc1cncc(-c2cccc3cc(C(C)NC(=O)c4c(N)nn5cccnc45)n(-c4ccccc4)c(=O)c23)c1. The molecule has 6 aromatic rings. The molecule has 1 atom stereocenters. The summed E-state index contributed by atoms with van der Waals surface area (Å²) in [5.41, 5.74) is 9.13. The zero-order valence-electron chi connectivity index (χ0n) is 21.8. The minimum atomic E-state index is -0.579. The second-order valence-electron chi connectivity index (χ2n) is 9.27. The van der Waals surface area contributed by atoms with E-state index in [1.54, 1.807) is 42.5 Å². The summed E-state index contributed by atoms with van der Waals surface area (Å²) in [6.45, 7) is 1.82. The van der Waals surface area contributed by atoms with E-state index in [1.807, 2.05) is 67.6 Å².